The standard InChI is InChI=1S/C21H22N6O3/c1-14(20-23-17-9-5-6-10-18(17)26(20)11-12-30-2)22-19(28)13-27-21(29)15-7-3-4-8-16(15)24-25-27/h3-10,14H,11-13H2,1-2H3,(H,22,28). The van der Waals surface area contributed by atoms with E-state index in [1.165, 1.54) is 0 Å². The fraction of sp³-hybridized carbons (Fsp3) is 0.286. The summed E-state index contributed by atoms with van der Waals surface area (Å²) in [7, 11) is 1.65. The smallest absolute Gasteiger partial charge is 0.278 e. The first kappa shape index (κ1) is 19.7. The van der Waals surface area contributed by atoms with Gasteiger partial charge in [0.25, 0.3) is 5.56 Å². The number of carbonyl (C=O) groups excluding carboxylic acids is 1. The lowest BCUT2D eigenvalue weighted by Gasteiger charge is -2.16. The van der Waals surface area contributed by atoms with Crippen LogP contribution in [0.2, 0.25) is 0 Å². The van der Waals surface area contributed by atoms with Crippen LogP contribution in [-0.2, 0) is 22.6 Å². The summed E-state index contributed by atoms with van der Waals surface area (Å²) in [6, 6.07) is 14.3. The average Bonchev–Trinajstić information content (AvgIpc) is 3.13. The number of ether oxygens (including phenoxy) is 1. The van der Waals surface area contributed by atoms with Crippen LogP contribution in [0.3, 0.4) is 0 Å². The first-order chi connectivity index (χ1) is 14.6. The average molecular weight is 406 g/mol. The fourth-order valence-electron chi connectivity index (χ4n) is 3.46. The van der Waals surface area contributed by atoms with E-state index in [0.717, 1.165) is 21.5 Å². The maximum Gasteiger partial charge on any atom is 0.278 e. The predicted molar refractivity (Wildman–Crippen MR) is 112 cm³/mol. The number of amides is 1. The number of hydrogen-bond donors (Lipinski definition) is 1. The van der Waals surface area contributed by atoms with Crippen LogP contribution >= 0.6 is 0 Å². The molecule has 2 aromatic heterocycles. The van der Waals surface area contributed by atoms with E-state index in [1.54, 1.807) is 31.4 Å². The van der Waals surface area contributed by atoms with Crippen molar-refractivity contribution in [3.8, 4) is 0 Å². The highest BCUT2D eigenvalue weighted by molar-refractivity contribution is 5.79. The van der Waals surface area contributed by atoms with Crippen LogP contribution in [0.5, 0.6) is 0 Å². The van der Waals surface area contributed by atoms with Gasteiger partial charge in [-0.3, -0.25) is 9.59 Å². The van der Waals surface area contributed by atoms with Gasteiger partial charge in [-0.1, -0.05) is 29.5 Å². The molecule has 9 nitrogen and oxygen atoms in total. The molecule has 1 atom stereocenters. The maximum absolute atomic E-state index is 12.6. The molecule has 1 unspecified atom stereocenters. The van der Waals surface area contributed by atoms with Crippen LogP contribution in [0.15, 0.2) is 53.3 Å². The van der Waals surface area contributed by atoms with Gasteiger partial charge in [0, 0.05) is 13.7 Å². The molecule has 0 fully saturated rings. The lowest BCUT2D eigenvalue weighted by Crippen LogP contribution is -2.36. The Morgan fingerprint density at radius 2 is 1.87 bits per heavy atom. The summed E-state index contributed by atoms with van der Waals surface area (Å²) < 4.78 is 8.32. The van der Waals surface area contributed by atoms with Crippen molar-refractivity contribution in [1.29, 1.82) is 0 Å². The van der Waals surface area contributed by atoms with E-state index >= 15 is 0 Å². The molecular weight excluding hydrogens is 384 g/mol. The van der Waals surface area contributed by atoms with E-state index in [0.29, 0.717) is 24.1 Å². The molecule has 30 heavy (non-hydrogen) atoms. The minimum absolute atomic E-state index is 0.223. The summed E-state index contributed by atoms with van der Waals surface area (Å²) in [5.74, 6) is 0.373. The number of nitrogens with one attached hydrogen (secondary N) is 1. The lowest BCUT2D eigenvalue weighted by atomic mass is 10.2. The number of imidazole rings is 1. The van der Waals surface area contributed by atoms with Crippen molar-refractivity contribution in [2.24, 2.45) is 0 Å². The first-order valence-electron chi connectivity index (χ1n) is 9.64. The Bertz CT molecular complexity index is 1260. The second-order valence-corrected chi connectivity index (χ2v) is 6.96. The molecule has 4 rings (SSSR count). The second kappa shape index (κ2) is 8.42. The monoisotopic (exact) mass is 406 g/mol. The van der Waals surface area contributed by atoms with E-state index in [9.17, 15) is 9.59 Å². The van der Waals surface area contributed by atoms with Gasteiger partial charge >= 0.3 is 0 Å². The minimum atomic E-state index is -0.370. The molecular formula is C21H22N6O3. The van der Waals surface area contributed by atoms with Gasteiger partial charge in [0.15, 0.2) is 0 Å². The second-order valence-electron chi connectivity index (χ2n) is 6.96. The van der Waals surface area contributed by atoms with Crippen molar-refractivity contribution < 1.29 is 9.53 Å². The van der Waals surface area contributed by atoms with Crippen LogP contribution in [0.25, 0.3) is 21.9 Å². The molecule has 0 aliphatic carbocycles. The van der Waals surface area contributed by atoms with Crippen molar-refractivity contribution in [2.75, 3.05) is 13.7 Å². The Labute approximate surface area is 172 Å². The summed E-state index contributed by atoms with van der Waals surface area (Å²) in [6.45, 7) is 2.77. The zero-order valence-corrected chi connectivity index (χ0v) is 16.8. The zero-order chi connectivity index (χ0) is 21.1. The molecule has 0 saturated carbocycles. The summed E-state index contributed by atoms with van der Waals surface area (Å²) in [5, 5.41) is 11.2. The molecule has 0 aliphatic heterocycles. The Morgan fingerprint density at radius 1 is 1.13 bits per heavy atom. The third-order valence-corrected chi connectivity index (χ3v) is 4.89. The normalized spacial score (nSPS) is 12.3. The maximum atomic E-state index is 12.6. The van der Waals surface area contributed by atoms with Gasteiger partial charge in [-0.25, -0.2) is 9.67 Å². The third kappa shape index (κ3) is 3.79. The highest BCUT2D eigenvalue weighted by Gasteiger charge is 2.19. The molecule has 1 amide bonds. The van der Waals surface area contributed by atoms with Crippen LogP contribution in [0.4, 0.5) is 0 Å². The van der Waals surface area contributed by atoms with E-state index in [1.807, 2.05) is 35.8 Å². The van der Waals surface area contributed by atoms with Crippen molar-refractivity contribution in [1.82, 2.24) is 29.9 Å². The molecule has 1 N–H and O–H groups in total. The van der Waals surface area contributed by atoms with E-state index in [4.69, 9.17) is 4.74 Å². The molecule has 0 saturated heterocycles. The zero-order valence-electron chi connectivity index (χ0n) is 16.8. The van der Waals surface area contributed by atoms with Gasteiger partial charge in [-0.2, -0.15) is 0 Å². The fourth-order valence-corrected chi connectivity index (χ4v) is 3.46. The van der Waals surface area contributed by atoms with Gasteiger partial charge in [0.1, 0.15) is 17.9 Å². The lowest BCUT2D eigenvalue weighted by molar-refractivity contribution is -0.122. The number of methoxy groups -OCH3 is 1. The van der Waals surface area contributed by atoms with E-state index < -0.39 is 0 Å². The highest BCUT2D eigenvalue weighted by Crippen LogP contribution is 2.20. The number of fused-ring (bicyclic) bond motifs is 2. The number of para-hydroxylation sites is 2. The van der Waals surface area contributed by atoms with Gasteiger partial charge in [0.2, 0.25) is 5.91 Å². The highest BCUT2D eigenvalue weighted by atomic mass is 16.5. The number of benzene rings is 2. The molecule has 154 valence electrons. The molecule has 0 aliphatic rings. The van der Waals surface area contributed by atoms with Crippen LogP contribution in [0.1, 0.15) is 18.8 Å². The topological polar surface area (TPSA) is 104 Å². The van der Waals surface area contributed by atoms with Gasteiger partial charge in [-0.05, 0) is 31.2 Å². The van der Waals surface area contributed by atoms with Crippen LogP contribution in [-0.4, -0.2) is 44.2 Å². The Balaban J connectivity index is 1.55. The summed E-state index contributed by atoms with van der Waals surface area (Å²) >= 11 is 0. The molecule has 2 heterocycles. The summed E-state index contributed by atoms with van der Waals surface area (Å²) in [5.41, 5.74) is 1.97. The van der Waals surface area contributed by atoms with Gasteiger partial charge < -0.3 is 14.6 Å². The SMILES string of the molecule is COCCn1c(C(C)NC(=O)Cn2nnc3ccccc3c2=O)nc2ccccc21. The Morgan fingerprint density at radius 3 is 2.67 bits per heavy atom. The van der Waals surface area contributed by atoms with Crippen molar-refractivity contribution in [2.45, 2.75) is 26.1 Å². The van der Waals surface area contributed by atoms with Gasteiger partial charge in [-0.15, -0.1) is 5.10 Å². The number of carbonyl (C=O) groups is 1. The van der Waals surface area contributed by atoms with Crippen LogP contribution in [0, 0.1) is 0 Å². The summed E-state index contributed by atoms with van der Waals surface area (Å²) in [4.78, 5) is 29.9. The van der Waals surface area contributed by atoms with Gasteiger partial charge in [0.05, 0.1) is 29.1 Å². The molecule has 4 aromatic rings. The van der Waals surface area contributed by atoms with E-state index in [2.05, 4.69) is 20.6 Å². The quantitative estimate of drug-likeness (QED) is 0.501. The molecule has 0 bridgehead atoms. The third-order valence-electron chi connectivity index (χ3n) is 4.89. The molecule has 0 radical (unpaired) electrons. The molecule has 0 spiro atoms. The number of nitrogens with zero attached hydrogens (tertiary/aromatic N) is 5. The number of rotatable bonds is 7. The first-order valence-corrected chi connectivity index (χ1v) is 9.64. The van der Waals surface area contributed by atoms with E-state index in [-0.39, 0.29) is 24.1 Å². The van der Waals surface area contributed by atoms with Crippen molar-refractivity contribution >= 4 is 27.8 Å². The summed E-state index contributed by atoms with van der Waals surface area (Å²) in [6.07, 6.45) is 0. The predicted octanol–water partition coefficient (Wildman–Crippen LogP) is 1.66. The molecule has 2 aromatic carbocycles. The minimum Gasteiger partial charge on any atom is -0.383 e. The number of hydrogen-bond acceptors (Lipinski definition) is 6. The number of aromatic nitrogens is 5. The largest absolute Gasteiger partial charge is 0.383 e. The Kier molecular flexibility index (Phi) is 5.53. The van der Waals surface area contributed by atoms with Crippen molar-refractivity contribution in [3.63, 3.8) is 0 Å². The molecule has 9 heteroatoms. The van der Waals surface area contributed by atoms with Crippen molar-refractivity contribution in [3.05, 3.63) is 64.7 Å². The Hall–Kier alpha value is -3.59. The van der Waals surface area contributed by atoms with Crippen LogP contribution < -0.4 is 10.9 Å².